The first kappa shape index (κ1) is 25.5. The summed E-state index contributed by atoms with van der Waals surface area (Å²) in [6, 6.07) is 5.62. The fraction of sp³-hybridized carbons (Fsp3) is 0.385. The third kappa shape index (κ3) is 6.07. The van der Waals surface area contributed by atoms with Gasteiger partial charge >= 0.3 is 6.09 Å². The fourth-order valence-corrected chi connectivity index (χ4v) is 4.68. The van der Waals surface area contributed by atoms with Gasteiger partial charge in [0.05, 0.1) is 12.8 Å². The molecule has 0 spiro atoms. The van der Waals surface area contributed by atoms with E-state index in [1.807, 2.05) is 39.1 Å². The predicted molar refractivity (Wildman–Crippen MR) is 143 cm³/mol. The van der Waals surface area contributed by atoms with Crippen LogP contribution in [0.4, 0.5) is 16.3 Å². The Morgan fingerprint density at radius 1 is 1.26 bits per heavy atom. The number of benzene rings is 1. The summed E-state index contributed by atoms with van der Waals surface area (Å²) in [5.41, 5.74) is 9.20. The number of ether oxygens (including phenoxy) is 2. The molecule has 3 aromatic rings. The number of likely N-dealkylation sites (N-methyl/N-ethyl adjacent to an activating group) is 1. The van der Waals surface area contributed by atoms with E-state index in [4.69, 9.17) is 15.2 Å². The van der Waals surface area contributed by atoms with Crippen LogP contribution < -0.4 is 15.8 Å². The molecule has 34 heavy (non-hydrogen) atoms. The number of carbonyl (C=O) groups excluding carboxylic acids is 1. The van der Waals surface area contributed by atoms with Crippen molar-refractivity contribution in [3.05, 3.63) is 41.4 Å². The molecule has 3 rings (SSSR count). The number of amides is 1. The number of aromatic nitrogens is 1. The van der Waals surface area contributed by atoms with Gasteiger partial charge in [-0.15, -0.1) is 11.3 Å². The summed E-state index contributed by atoms with van der Waals surface area (Å²) >= 11 is 1.64. The summed E-state index contributed by atoms with van der Waals surface area (Å²) in [6.45, 7) is 12.7. The van der Waals surface area contributed by atoms with E-state index in [2.05, 4.69) is 46.6 Å². The Balaban J connectivity index is 1.93. The number of nitrogens with zero attached hydrogens (tertiary/aromatic N) is 2. The molecule has 0 aliphatic carbocycles. The number of nitrogens with one attached hydrogen (secondary N) is 1. The van der Waals surface area contributed by atoms with E-state index < -0.39 is 11.7 Å². The molecule has 182 valence electrons. The summed E-state index contributed by atoms with van der Waals surface area (Å²) < 4.78 is 12.0. The maximum atomic E-state index is 12.2. The zero-order valence-corrected chi connectivity index (χ0v) is 21.6. The van der Waals surface area contributed by atoms with Gasteiger partial charge < -0.3 is 20.1 Å². The minimum atomic E-state index is -0.588. The van der Waals surface area contributed by atoms with Gasteiger partial charge in [0.25, 0.3) is 0 Å². The van der Waals surface area contributed by atoms with Crippen molar-refractivity contribution >= 4 is 45.1 Å². The number of hydrogen-bond donors (Lipinski definition) is 2. The zero-order valence-electron chi connectivity index (χ0n) is 20.8. The summed E-state index contributed by atoms with van der Waals surface area (Å²) in [6.07, 6.45) is 5.57. The van der Waals surface area contributed by atoms with Crippen LogP contribution >= 0.6 is 11.3 Å². The van der Waals surface area contributed by atoms with Crippen LogP contribution in [-0.2, 0) is 4.74 Å². The molecule has 3 N–H and O–H groups in total. The van der Waals surface area contributed by atoms with Crippen LogP contribution in [0.1, 0.15) is 40.2 Å². The van der Waals surface area contributed by atoms with Gasteiger partial charge in [-0.3, -0.25) is 5.32 Å². The van der Waals surface area contributed by atoms with Crippen LogP contribution in [0.5, 0.6) is 5.75 Å². The van der Waals surface area contributed by atoms with Gasteiger partial charge in [-0.25, -0.2) is 9.78 Å². The number of nitrogen functional groups attached to an aromatic ring is 1. The lowest BCUT2D eigenvalue weighted by atomic mass is 10.0. The number of hydrogen-bond acceptors (Lipinski definition) is 7. The molecule has 0 aliphatic heterocycles. The van der Waals surface area contributed by atoms with Crippen molar-refractivity contribution in [2.24, 2.45) is 0 Å². The average Bonchev–Trinajstić information content (AvgIpc) is 3.23. The van der Waals surface area contributed by atoms with Crippen molar-refractivity contribution in [2.45, 2.75) is 40.2 Å². The Labute approximate surface area is 205 Å². The van der Waals surface area contributed by atoms with E-state index in [9.17, 15) is 4.79 Å². The highest BCUT2D eigenvalue weighted by Gasteiger charge is 2.19. The Hall–Kier alpha value is -3.10. The van der Waals surface area contributed by atoms with E-state index in [0.717, 1.165) is 46.4 Å². The Bertz CT molecular complexity index is 1180. The highest BCUT2D eigenvalue weighted by molar-refractivity contribution is 7.18. The number of rotatable bonds is 8. The van der Waals surface area contributed by atoms with E-state index in [-0.39, 0.29) is 0 Å². The van der Waals surface area contributed by atoms with Crippen molar-refractivity contribution in [3.8, 4) is 16.9 Å². The zero-order chi connectivity index (χ0) is 24.9. The second-order valence-corrected chi connectivity index (χ2v) is 9.76. The minimum Gasteiger partial charge on any atom is -0.495 e. The number of fused-ring (bicyclic) bond motifs is 1. The molecular weight excluding hydrogens is 448 g/mol. The van der Waals surface area contributed by atoms with E-state index in [1.54, 1.807) is 24.5 Å². The quantitative estimate of drug-likeness (QED) is 0.394. The Morgan fingerprint density at radius 2 is 2.00 bits per heavy atom. The average molecular weight is 483 g/mol. The van der Waals surface area contributed by atoms with Crippen molar-refractivity contribution in [2.75, 3.05) is 37.8 Å². The number of methoxy groups -OCH3 is 1. The molecule has 0 unspecified atom stereocenters. The molecule has 8 heteroatoms. The van der Waals surface area contributed by atoms with Crippen LogP contribution in [0, 0.1) is 0 Å². The third-order valence-electron chi connectivity index (χ3n) is 5.36. The van der Waals surface area contributed by atoms with Crippen molar-refractivity contribution in [3.63, 3.8) is 0 Å². The minimum absolute atomic E-state index is 0.488. The van der Waals surface area contributed by atoms with Gasteiger partial charge in [-0.2, -0.15) is 0 Å². The number of thiophene rings is 1. The molecule has 7 nitrogen and oxygen atoms in total. The molecule has 0 fully saturated rings. The second-order valence-electron chi connectivity index (χ2n) is 8.88. The van der Waals surface area contributed by atoms with Gasteiger partial charge in [0.15, 0.2) is 0 Å². The smallest absolute Gasteiger partial charge is 0.412 e. The molecule has 0 bridgehead atoms. The third-order valence-corrected chi connectivity index (χ3v) is 6.38. The molecule has 1 aromatic carbocycles. The number of nitrogens with two attached hydrogens (primary N) is 1. The largest absolute Gasteiger partial charge is 0.495 e. The van der Waals surface area contributed by atoms with Crippen LogP contribution in [-0.4, -0.2) is 48.3 Å². The second kappa shape index (κ2) is 10.9. The summed E-state index contributed by atoms with van der Waals surface area (Å²) in [4.78, 5) is 19.0. The summed E-state index contributed by atoms with van der Waals surface area (Å²) in [5.74, 6) is 1.02. The van der Waals surface area contributed by atoms with E-state index >= 15 is 0 Å². The van der Waals surface area contributed by atoms with Crippen LogP contribution in [0.25, 0.3) is 27.3 Å². The van der Waals surface area contributed by atoms with Gasteiger partial charge in [0, 0.05) is 34.0 Å². The number of anilines is 2. The number of pyridine rings is 1. The van der Waals surface area contributed by atoms with Gasteiger partial charge in [0.2, 0.25) is 0 Å². The lowest BCUT2D eigenvalue weighted by Gasteiger charge is -2.20. The normalized spacial score (nSPS) is 12.0. The first-order valence-corrected chi connectivity index (χ1v) is 12.3. The highest BCUT2D eigenvalue weighted by Crippen LogP contribution is 2.41. The lowest BCUT2D eigenvalue weighted by molar-refractivity contribution is 0.0635. The van der Waals surface area contributed by atoms with Crippen molar-refractivity contribution < 1.29 is 14.3 Å². The molecule has 0 saturated carbocycles. The SMILES string of the molecule is CCN(CC)C/C=C/c1cnc(N)c2c(-c3ccc(NC(=O)OC(C)(C)C)c(OC)c3)csc12. The number of carbonyl (C=O) groups is 1. The molecular formula is C26H34N4O3S. The van der Waals surface area contributed by atoms with E-state index in [1.165, 1.54) is 0 Å². The highest BCUT2D eigenvalue weighted by atomic mass is 32.1. The van der Waals surface area contributed by atoms with E-state index in [0.29, 0.717) is 17.3 Å². The first-order valence-electron chi connectivity index (χ1n) is 11.4. The summed E-state index contributed by atoms with van der Waals surface area (Å²) in [7, 11) is 1.57. The monoisotopic (exact) mass is 482 g/mol. The summed E-state index contributed by atoms with van der Waals surface area (Å²) in [5, 5.41) is 5.76. The topological polar surface area (TPSA) is 89.7 Å². The molecule has 2 aromatic heterocycles. The maximum Gasteiger partial charge on any atom is 0.412 e. The fourth-order valence-electron chi connectivity index (χ4n) is 3.60. The van der Waals surface area contributed by atoms with Crippen LogP contribution in [0.3, 0.4) is 0 Å². The molecule has 0 atom stereocenters. The standard InChI is InChI=1S/C26H34N4O3S/c1-7-30(8-2)13-9-10-18-15-28-24(27)22-19(16-34-23(18)22)17-11-12-20(21(14-17)32-6)29-25(31)33-26(3,4)5/h9-12,14-16H,7-8,13H2,1-6H3,(H2,27,28)(H,29,31)/b10-9+. The van der Waals surface area contributed by atoms with Crippen molar-refractivity contribution in [1.29, 1.82) is 0 Å². The van der Waals surface area contributed by atoms with Gasteiger partial charge in [0.1, 0.15) is 17.2 Å². The Morgan fingerprint density at radius 3 is 2.65 bits per heavy atom. The lowest BCUT2D eigenvalue weighted by Crippen LogP contribution is -2.27. The van der Waals surface area contributed by atoms with Gasteiger partial charge in [-0.1, -0.05) is 32.1 Å². The molecule has 0 aliphatic rings. The Kier molecular flexibility index (Phi) is 8.17. The first-order chi connectivity index (χ1) is 16.2. The van der Waals surface area contributed by atoms with Crippen molar-refractivity contribution in [1.82, 2.24) is 9.88 Å². The maximum absolute atomic E-state index is 12.2. The molecule has 2 heterocycles. The van der Waals surface area contributed by atoms with Crippen LogP contribution in [0.15, 0.2) is 35.9 Å². The van der Waals surface area contributed by atoms with Crippen LogP contribution in [0.2, 0.25) is 0 Å². The molecule has 0 radical (unpaired) electrons. The van der Waals surface area contributed by atoms with Gasteiger partial charge in [-0.05, 0) is 56.9 Å². The predicted octanol–water partition coefficient (Wildman–Crippen LogP) is 6.26. The molecule has 1 amide bonds. The molecule has 0 saturated heterocycles.